The van der Waals surface area contributed by atoms with E-state index in [-0.39, 0.29) is 11.6 Å². The predicted octanol–water partition coefficient (Wildman–Crippen LogP) is 3.56. The van der Waals surface area contributed by atoms with Crippen LogP contribution in [0.1, 0.15) is 15.9 Å². The van der Waals surface area contributed by atoms with Crippen molar-refractivity contribution in [3.63, 3.8) is 0 Å². The predicted molar refractivity (Wildman–Crippen MR) is 119 cm³/mol. The van der Waals surface area contributed by atoms with E-state index in [0.717, 1.165) is 38.5 Å². The number of aromatic nitrogens is 1. The van der Waals surface area contributed by atoms with E-state index in [9.17, 15) is 14.9 Å². The quantitative estimate of drug-likeness (QED) is 0.487. The van der Waals surface area contributed by atoms with Crippen molar-refractivity contribution in [2.24, 2.45) is 0 Å². The fourth-order valence-electron chi connectivity index (χ4n) is 3.57. The number of hydrogen-bond donors (Lipinski definition) is 1. The Labute approximate surface area is 180 Å². The summed E-state index contributed by atoms with van der Waals surface area (Å²) in [6.45, 7) is 4.68. The van der Waals surface area contributed by atoms with Gasteiger partial charge in [-0.3, -0.25) is 19.8 Å². The number of nitro benzene ring substituents is 1. The van der Waals surface area contributed by atoms with Crippen molar-refractivity contribution in [2.45, 2.75) is 6.54 Å². The first-order valence-electron chi connectivity index (χ1n) is 10.1. The molecule has 8 heteroatoms. The van der Waals surface area contributed by atoms with Gasteiger partial charge in [0.05, 0.1) is 4.92 Å². The maximum absolute atomic E-state index is 12.3. The molecule has 1 aliphatic heterocycles. The summed E-state index contributed by atoms with van der Waals surface area (Å²) in [7, 11) is 0. The van der Waals surface area contributed by atoms with Gasteiger partial charge in [-0.1, -0.05) is 18.2 Å². The average molecular weight is 417 g/mol. The normalized spacial score (nSPS) is 14.3. The maximum atomic E-state index is 12.3. The number of amides is 1. The standard InChI is InChI=1S/C23H23N5O3/c29-23(19-6-10-21(11-7-19)28(30)31)25-20-8-4-18(5-9-20)17-26-13-15-27(16-14-26)22-3-1-2-12-24-22/h1-12H,13-17H2,(H,25,29). The van der Waals surface area contributed by atoms with Gasteiger partial charge in [-0.15, -0.1) is 0 Å². The van der Waals surface area contributed by atoms with E-state index in [4.69, 9.17) is 0 Å². The molecular formula is C23H23N5O3. The number of nitro groups is 1. The lowest BCUT2D eigenvalue weighted by Crippen LogP contribution is -2.46. The molecule has 0 aliphatic carbocycles. The molecule has 3 aromatic rings. The summed E-state index contributed by atoms with van der Waals surface area (Å²) >= 11 is 0. The number of pyridine rings is 1. The zero-order valence-electron chi connectivity index (χ0n) is 17.0. The Morgan fingerprint density at radius 3 is 2.29 bits per heavy atom. The first-order chi connectivity index (χ1) is 15.1. The zero-order chi connectivity index (χ0) is 21.6. The van der Waals surface area contributed by atoms with Crippen molar-refractivity contribution < 1.29 is 9.72 Å². The molecule has 2 heterocycles. The van der Waals surface area contributed by atoms with Crippen LogP contribution in [0.3, 0.4) is 0 Å². The van der Waals surface area contributed by atoms with Gasteiger partial charge in [-0.2, -0.15) is 0 Å². The number of rotatable bonds is 6. The van der Waals surface area contributed by atoms with Gasteiger partial charge < -0.3 is 10.2 Å². The monoisotopic (exact) mass is 417 g/mol. The highest BCUT2D eigenvalue weighted by atomic mass is 16.6. The molecule has 158 valence electrons. The molecule has 0 unspecified atom stereocenters. The maximum Gasteiger partial charge on any atom is 0.269 e. The second kappa shape index (κ2) is 9.36. The Morgan fingerprint density at radius 1 is 0.968 bits per heavy atom. The van der Waals surface area contributed by atoms with E-state index in [1.54, 1.807) is 0 Å². The lowest BCUT2D eigenvalue weighted by atomic mass is 10.1. The van der Waals surface area contributed by atoms with Crippen LogP contribution in [0.5, 0.6) is 0 Å². The van der Waals surface area contributed by atoms with Gasteiger partial charge in [0, 0.05) is 62.3 Å². The number of non-ortho nitro benzene ring substituents is 1. The summed E-state index contributed by atoms with van der Waals surface area (Å²) in [5.74, 6) is 0.726. The van der Waals surface area contributed by atoms with E-state index in [1.165, 1.54) is 29.8 Å². The van der Waals surface area contributed by atoms with Crippen LogP contribution in [0.15, 0.2) is 72.9 Å². The molecule has 8 nitrogen and oxygen atoms in total. The van der Waals surface area contributed by atoms with Gasteiger partial charge in [-0.05, 0) is 42.0 Å². The molecule has 2 aromatic carbocycles. The highest BCUT2D eigenvalue weighted by Gasteiger charge is 2.18. The van der Waals surface area contributed by atoms with Gasteiger partial charge in [0.15, 0.2) is 0 Å². The number of carbonyl (C=O) groups excluding carboxylic acids is 1. The molecule has 0 spiro atoms. The summed E-state index contributed by atoms with van der Waals surface area (Å²) in [5, 5.41) is 13.6. The first kappa shape index (κ1) is 20.5. The van der Waals surface area contributed by atoms with Crippen LogP contribution in [0.2, 0.25) is 0 Å². The topological polar surface area (TPSA) is 91.6 Å². The Hall–Kier alpha value is -3.78. The molecule has 1 aromatic heterocycles. The first-order valence-corrected chi connectivity index (χ1v) is 10.1. The molecule has 1 amide bonds. The smallest absolute Gasteiger partial charge is 0.269 e. The second-order valence-corrected chi connectivity index (χ2v) is 7.41. The summed E-state index contributed by atoms with van der Waals surface area (Å²) in [5.41, 5.74) is 2.20. The molecule has 1 fully saturated rings. The molecular weight excluding hydrogens is 394 g/mol. The minimum Gasteiger partial charge on any atom is -0.354 e. The third-order valence-corrected chi connectivity index (χ3v) is 5.30. The van der Waals surface area contributed by atoms with Crippen molar-refractivity contribution in [3.05, 3.63) is 94.2 Å². The molecule has 1 N–H and O–H groups in total. The number of piperazine rings is 1. The minimum atomic E-state index is -0.487. The third kappa shape index (κ3) is 5.23. The summed E-state index contributed by atoms with van der Waals surface area (Å²) in [6, 6.07) is 19.3. The molecule has 0 radical (unpaired) electrons. The van der Waals surface area contributed by atoms with E-state index in [0.29, 0.717) is 11.3 Å². The number of nitrogens with one attached hydrogen (secondary N) is 1. The molecule has 0 bridgehead atoms. The lowest BCUT2D eigenvalue weighted by Gasteiger charge is -2.35. The van der Waals surface area contributed by atoms with Crippen LogP contribution in [-0.4, -0.2) is 46.9 Å². The summed E-state index contributed by atoms with van der Waals surface area (Å²) in [6.07, 6.45) is 1.82. The molecule has 1 aliphatic rings. The highest BCUT2D eigenvalue weighted by molar-refractivity contribution is 6.04. The SMILES string of the molecule is O=C(Nc1ccc(CN2CCN(c3ccccn3)CC2)cc1)c1ccc([N+](=O)[O-])cc1. The molecule has 0 saturated carbocycles. The minimum absolute atomic E-state index is 0.0400. The molecule has 0 atom stereocenters. The zero-order valence-corrected chi connectivity index (χ0v) is 17.0. The average Bonchev–Trinajstić information content (AvgIpc) is 2.81. The third-order valence-electron chi connectivity index (χ3n) is 5.30. The molecule has 4 rings (SSSR count). The van der Waals surface area contributed by atoms with Gasteiger partial charge in [0.2, 0.25) is 0 Å². The number of carbonyl (C=O) groups is 1. The van der Waals surface area contributed by atoms with Crippen LogP contribution in [0, 0.1) is 10.1 Å². The van der Waals surface area contributed by atoms with Crippen molar-refractivity contribution in [3.8, 4) is 0 Å². The van der Waals surface area contributed by atoms with Crippen LogP contribution in [0.4, 0.5) is 17.2 Å². The Kier molecular flexibility index (Phi) is 6.18. The molecule has 31 heavy (non-hydrogen) atoms. The van der Waals surface area contributed by atoms with E-state index in [2.05, 4.69) is 20.1 Å². The van der Waals surface area contributed by atoms with Crippen LogP contribution in [0.25, 0.3) is 0 Å². The van der Waals surface area contributed by atoms with E-state index < -0.39 is 4.92 Å². The van der Waals surface area contributed by atoms with Crippen molar-refractivity contribution in [1.82, 2.24) is 9.88 Å². The van der Waals surface area contributed by atoms with Crippen LogP contribution in [-0.2, 0) is 6.54 Å². The fraction of sp³-hybridized carbons (Fsp3) is 0.217. The highest BCUT2D eigenvalue weighted by Crippen LogP contribution is 2.17. The number of nitrogens with zero attached hydrogens (tertiary/aromatic N) is 4. The van der Waals surface area contributed by atoms with Crippen LogP contribution < -0.4 is 10.2 Å². The Morgan fingerprint density at radius 2 is 1.68 bits per heavy atom. The van der Waals surface area contributed by atoms with Gasteiger partial charge in [-0.25, -0.2) is 4.98 Å². The van der Waals surface area contributed by atoms with Crippen molar-refractivity contribution in [2.75, 3.05) is 36.4 Å². The van der Waals surface area contributed by atoms with E-state index >= 15 is 0 Å². The number of hydrogen-bond acceptors (Lipinski definition) is 6. The lowest BCUT2D eigenvalue weighted by molar-refractivity contribution is -0.384. The van der Waals surface area contributed by atoms with E-state index in [1.807, 2.05) is 48.7 Å². The summed E-state index contributed by atoms with van der Waals surface area (Å²) in [4.78, 5) is 31.7. The number of anilines is 2. The number of benzene rings is 2. The van der Waals surface area contributed by atoms with Crippen molar-refractivity contribution >= 4 is 23.1 Å². The largest absolute Gasteiger partial charge is 0.354 e. The second-order valence-electron chi connectivity index (χ2n) is 7.41. The van der Waals surface area contributed by atoms with Crippen LogP contribution >= 0.6 is 0 Å². The molecule has 1 saturated heterocycles. The summed E-state index contributed by atoms with van der Waals surface area (Å²) < 4.78 is 0. The van der Waals surface area contributed by atoms with Gasteiger partial charge in [0.1, 0.15) is 5.82 Å². The van der Waals surface area contributed by atoms with Gasteiger partial charge >= 0.3 is 0 Å². The Balaban J connectivity index is 1.28. The van der Waals surface area contributed by atoms with Crippen molar-refractivity contribution in [1.29, 1.82) is 0 Å². The van der Waals surface area contributed by atoms with Gasteiger partial charge in [0.25, 0.3) is 11.6 Å². The fourth-order valence-corrected chi connectivity index (χ4v) is 3.57. The Bertz CT molecular complexity index is 1030.